The van der Waals surface area contributed by atoms with Gasteiger partial charge in [-0.25, -0.2) is 0 Å². The van der Waals surface area contributed by atoms with E-state index < -0.39 is 17.5 Å². The van der Waals surface area contributed by atoms with Gasteiger partial charge >= 0.3 is 12.1 Å². The highest BCUT2D eigenvalue weighted by Gasteiger charge is 2.44. The van der Waals surface area contributed by atoms with Gasteiger partial charge in [0.2, 0.25) is 11.7 Å². The standard InChI is InChI=1S/C18H20F3N3O3/c1-11(2)24(16(25)17(3)9-26-10-17)8-12-4-6-13(7-5-12)14-22-15(27-23-14)18(19,20)21/h4-7,11H,8-10H2,1-3H3. The zero-order valence-electron chi connectivity index (χ0n) is 15.2. The molecular formula is C18H20F3N3O3. The Bertz CT molecular complexity index is 811. The minimum absolute atomic E-state index is 0.00107. The number of rotatable bonds is 5. The number of carbonyl (C=O) groups is 1. The lowest BCUT2D eigenvalue weighted by Crippen LogP contribution is -2.54. The minimum Gasteiger partial charge on any atom is -0.379 e. The third kappa shape index (κ3) is 3.97. The first-order valence-corrected chi connectivity index (χ1v) is 8.49. The molecule has 1 amide bonds. The summed E-state index contributed by atoms with van der Waals surface area (Å²) in [5.74, 6) is -1.49. The van der Waals surface area contributed by atoms with E-state index in [4.69, 9.17) is 4.74 Å². The fourth-order valence-electron chi connectivity index (χ4n) is 2.78. The van der Waals surface area contributed by atoms with Crippen molar-refractivity contribution >= 4 is 5.91 Å². The van der Waals surface area contributed by atoms with Crippen LogP contribution in [0.15, 0.2) is 28.8 Å². The summed E-state index contributed by atoms with van der Waals surface area (Å²) in [4.78, 5) is 17.9. The maximum absolute atomic E-state index is 12.8. The van der Waals surface area contributed by atoms with Gasteiger partial charge in [0, 0.05) is 18.2 Å². The van der Waals surface area contributed by atoms with Crippen LogP contribution < -0.4 is 0 Å². The van der Waals surface area contributed by atoms with E-state index in [-0.39, 0.29) is 17.8 Å². The average Bonchev–Trinajstić information content (AvgIpc) is 3.07. The van der Waals surface area contributed by atoms with Crippen LogP contribution in [0.1, 0.15) is 32.2 Å². The number of carbonyl (C=O) groups excluding carboxylic acids is 1. The molecule has 0 bridgehead atoms. The molecular weight excluding hydrogens is 363 g/mol. The Morgan fingerprint density at radius 2 is 1.89 bits per heavy atom. The second-order valence-electron chi connectivity index (χ2n) is 7.20. The molecule has 0 aliphatic carbocycles. The number of ether oxygens (including phenoxy) is 1. The van der Waals surface area contributed by atoms with Gasteiger partial charge in [-0.05, 0) is 26.3 Å². The number of halogens is 3. The first kappa shape index (κ1) is 19.3. The molecule has 27 heavy (non-hydrogen) atoms. The number of hydrogen-bond donors (Lipinski definition) is 0. The van der Waals surface area contributed by atoms with Crippen molar-refractivity contribution in [3.05, 3.63) is 35.7 Å². The highest BCUT2D eigenvalue weighted by Crippen LogP contribution is 2.31. The Hall–Kier alpha value is -2.42. The zero-order valence-corrected chi connectivity index (χ0v) is 15.2. The normalized spacial score (nSPS) is 16.3. The third-order valence-electron chi connectivity index (χ3n) is 4.48. The summed E-state index contributed by atoms with van der Waals surface area (Å²) in [5.41, 5.74) is 0.756. The Morgan fingerprint density at radius 3 is 2.33 bits per heavy atom. The predicted octanol–water partition coefficient (Wildman–Crippen LogP) is 3.53. The number of benzene rings is 1. The molecule has 1 aliphatic heterocycles. The van der Waals surface area contributed by atoms with E-state index in [1.807, 2.05) is 20.8 Å². The van der Waals surface area contributed by atoms with Gasteiger partial charge in [0.25, 0.3) is 0 Å². The summed E-state index contributed by atoms with van der Waals surface area (Å²) in [6.07, 6.45) is -4.68. The fourth-order valence-corrected chi connectivity index (χ4v) is 2.78. The lowest BCUT2D eigenvalue weighted by atomic mass is 9.86. The maximum atomic E-state index is 12.8. The molecule has 1 fully saturated rings. The maximum Gasteiger partial charge on any atom is 0.471 e. The third-order valence-corrected chi connectivity index (χ3v) is 4.48. The van der Waals surface area contributed by atoms with Crippen molar-refractivity contribution in [2.24, 2.45) is 5.41 Å². The summed E-state index contributed by atoms with van der Waals surface area (Å²) >= 11 is 0. The first-order chi connectivity index (χ1) is 12.6. The summed E-state index contributed by atoms with van der Waals surface area (Å²) in [7, 11) is 0. The van der Waals surface area contributed by atoms with Crippen molar-refractivity contribution in [3.8, 4) is 11.4 Å². The minimum atomic E-state index is -4.68. The molecule has 0 radical (unpaired) electrons. The van der Waals surface area contributed by atoms with Crippen LogP contribution in [0.3, 0.4) is 0 Å². The number of aromatic nitrogens is 2. The van der Waals surface area contributed by atoms with Crippen LogP contribution in [0.4, 0.5) is 13.2 Å². The van der Waals surface area contributed by atoms with E-state index in [1.54, 1.807) is 29.2 Å². The van der Waals surface area contributed by atoms with Gasteiger partial charge in [-0.15, -0.1) is 0 Å². The second kappa shape index (κ2) is 6.95. The number of amides is 1. The molecule has 1 aliphatic rings. The SMILES string of the molecule is CC(C)N(Cc1ccc(-c2noc(C(F)(F)F)n2)cc1)C(=O)C1(C)COC1. The molecule has 0 spiro atoms. The summed E-state index contributed by atoms with van der Waals surface area (Å²) < 4.78 is 47.1. The molecule has 9 heteroatoms. The van der Waals surface area contributed by atoms with Crippen molar-refractivity contribution in [2.75, 3.05) is 13.2 Å². The molecule has 1 saturated heterocycles. The number of alkyl halides is 3. The van der Waals surface area contributed by atoms with Crippen LogP contribution in [0.25, 0.3) is 11.4 Å². The Kier molecular flexibility index (Phi) is 4.98. The van der Waals surface area contributed by atoms with Crippen molar-refractivity contribution in [1.82, 2.24) is 15.0 Å². The van der Waals surface area contributed by atoms with Gasteiger partial charge < -0.3 is 14.2 Å². The largest absolute Gasteiger partial charge is 0.471 e. The lowest BCUT2D eigenvalue weighted by molar-refractivity contribution is -0.171. The number of hydrogen-bond acceptors (Lipinski definition) is 5. The van der Waals surface area contributed by atoms with Crippen LogP contribution in [-0.2, 0) is 22.3 Å². The van der Waals surface area contributed by atoms with Gasteiger partial charge in [0.1, 0.15) is 0 Å². The molecule has 2 aromatic rings. The van der Waals surface area contributed by atoms with Gasteiger partial charge in [0.05, 0.1) is 18.6 Å². The molecule has 0 atom stereocenters. The van der Waals surface area contributed by atoms with Gasteiger partial charge in [-0.1, -0.05) is 29.4 Å². The Morgan fingerprint density at radius 1 is 1.26 bits per heavy atom. The topological polar surface area (TPSA) is 68.5 Å². The molecule has 2 heterocycles. The van der Waals surface area contributed by atoms with Crippen molar-refractivity contribution in [3.63, 3.8) is 0 Å². The summed E-state index contributed by atoms with van der Waals surface area (Å²) in [6, 6.07) is 6.69. The second-order valence-corrected chi connectivity index (χ2v) is 7.20. The molecule has 1 aromatic carbocycles. The van der Waals surface area contributed by atoms with Gasteiger partial charge in [-0.3, -0.25) is 4.79 Å². The van der Waals surface area contributed by atoms with Gasteiger partial charge in [-0.2, -0.15) is 18.2 Å². The quantitative estimate of drug-likeness (QED) is 0.790. The van der Waals surface area contributed by atoms with Crippen LogP contribution in [0.2, 0.25) is 0 Å². The van der Waals surface area contributed by atoms with E-state index in [2.05, 4.69) is 14.7 Å². The molecule has 6 nitrogen and oxygen atoms in total. The molecule has 1 aromatic heterocycles. The molecule has 146 valence electrons. The van der Waals surface area contributed by atoms with E-state index in [0.717, 1.165) is 5.56 Å². The smallest absolute Gasteiger partial charge is 0.379 e. The van der Waals surface area contributed by atoms with Crippen molar-refractivity contribution < 1.29 is 27.2 Å². The fraction of sp³-hybridized carbons (Fsp3) is 0.500. The Balaban J connectivity index is 1.74. The van der Waals surface area contributed by atoms with Crippen molar-refractivity contribution in [2.45, 2.75) is 39.5 Å². The predicted molar refractivity (Wildman–Crippen MR) is 89.3 cm³/mol. The van der Waals surface area contributed by atoms with E-state index in [9.17, 15) is 18.0 Å². The van der Waals surface area contributed by atoms with Crippen LogP contribution in [-0.4, -0.2) is 40.2 Å². The van der Waals surface area contributed by atoms with E-state index >= 15 is 0 Å². The van der Waals surface area contributed by atoms with E-state index in [1.165, 1.54) is 0 Å². The highest BCUT2D eigenvalue weighted by molar-refractivity contribution is 5.83. The van der Waals surface area contributed by atoms with Crippen LogP contribution in [0, 0.1) is 5.41 Å². The average molecular weight is 383 g/mol. The number of nitrogens with zero attached hydrogens (tertiary/aromatic N) is 3. The summed E-state index contributed by atoms with van der Waals surface area (Å²) in [5, 5.41) is 3.37. The van der Waals surface area contributed by atoms with Crippen molar-refractivity contribution in [1.29, 1.82) is 0 Å². The molecule has 3 rings (SSSR count). The first-order valence-electron chi connectivity index (χ1n) is 8.49. The highest BCUT2D eigenvalue weighted by atomic mass is 19.4. The van der Waals surface area contributed by atoms with Crippen LogP contribution >= 0.6 is 0 Å². The molecule has 0 unspecified atom stereocenters. The lowest BCUT2D eigenvalue weighted by Gasteiger charge is -2.41. The Labute approximate surface area is 154 Å². The molecule has 0 N–H and O–H groups in total. The van der Waals surface area contributed by atoms with E-state index in [0.29, 0.717) is 25.3 Å². The monoisotopic (exact) mass is 383 g/mol. The summed E-state index contributed by atoms with van der Waals surface area (Å²) in [6.45, 7) is 6.97. The molecule has 0 saturated carbocycles. The van der Waals surface area contributed by atoms with Gasteiger partial charge in [0.15, 0.2) is 0 Å². The zero-order chi connectivity index (χ0) is 19.8. The van der Waals surface area contributed by atoms with Crippen LogP contribution in [0.5, 0.6) is 0 Å².